The Bertz CT molecular complexity index is 1030. The van der Waals surface area contributed by atoms with Crippen molar-refractivity contribution in [1.29, 1.82) is 0 Å². The number of anilines is 2. The highest BCUT2D eigenvalue weighted by Gasteiger charge is 2.23. The lowest BCUT2D eigenvalue weighted by Crippen LogP contribution is -2.25. The predicted octanol–water partition coefficient (Wildman–Crippen LogP) is 4.86. The lowest BCUT2D eigenvalue weighted by atomic mass is 10.1. The highest BCUT2D eigenvalue weighted by Crippen LogP contribution is 2.32. The molecular formula is C22H23ClFN5O. The van der Waals surface area contributed by atoms with Gasteiger partial charge in [0.05, 0.1) is 16.8 Å². The summed E-state index contributed by atoms with van der Waals surface area (Å²) in [6.45, 7) is 9.49. The number of rotatable bonds is 8. The van der Waals surface area contributed by atoms with Crippen LogP contribution in [-0.2, 0) is 12.8 Å². The summed E-state index contributed by atoms with van der Waals surface area (Å²) in [7, 11) is 0. The molecule has 0 atom stereocenters. The van der Waals surface area contributed by atoms with E-state index in [1.807, 2.05) is 6.92 Å². The van der Waals surface area contributed by atoms with Crippen LogP contribution in [0.15, 0.2) is 48.6 Å². The number of halogens is 2. The molecule has 0 aromatic carbocycles. The number of amides is 1. The topological polar surface area (TPSA) is 79.8 Å². The molecular weight excluding hydrogens is 405 g/mol. The van der Waals surface area contributed by atoms with E-state index in [9.17, 15) is 9.18 Å². The highest BCUT2D eigenvalue weighted by molar-refractivity contribution is 6.31. The van der Waals surface area contributed by atoms with Gasteiger partial charge in [-0.2, -0.15) is 0 Å². The van der Waals surface area contributed by atoms with Gasteiger partial charge in [0.2, 0.25) is 0 Å². The van der Waals surface area contributed by atoms with Crippen LogP contribution in [0, 0.1) is 0 Å². The van der Waals surface area contributed by atoms with Crippen LogP contribution in [0.25, 0.3) is 5.57 Å². The van der Waals surface area contributed by atoms with E-state index < -0.39 is 5.83 Å². The number of carbonyl (C=O) groups is 1. The molecule has 8 heteroatoms. The molecule has 0 unspecified atom stereocenters. The molecule has 0 radical (unpaired) electrons. The van der Waals surface area contributed by atoms with Crippen LogP contribution in [0.1, 0.15) is 47.2 Å². The van der Waals surface area contributed by atoms with Gasteiger partial charge < -0.3 is 10.6 Å². The number of carbonyl (C=O) groups excluding carboxylic acids is 1. The van der Waals surface area contributed by atoms with Gasteiger partial charge in [-0.05, 0) is 37.8 Å². The average Bonchev–Trinajstić information content (AvgIpc) is 3.19. The predicted molar refractivity (Wildman–Crippen MR) is 117 cm³/mol. The van der Waals surface area contributed by atoms with Gasteiger partial charge in [-0.25, -0.2) is 14.4 Å². The zero-order chi connectivity index (χ0) is 21.7. The maximum Gasteiger partial charge on any atom is 0.254 e. The molecule has 2 N–H and O–H groups in total. The molecule has 0 aliphatic heterocycles. The second-order valence-corrected chi connectivity index (χ2v) is 7.37. The highest BCUT2D eigenvalue weighted by atomic mass is 35.5. The van der Waals surface area contributed by atoms with Crippen molar-refractivity contribution in [1.82, 2.24) is 20.3 Å². The second kappa shape index (κ2) is 9.63. The quantitative estimate of drug-likeness (QED) is 0.588. The van der Waals surface area contributed by atoms with Crippen molar-refractivity contribution in [3.8, 4) is 0 Å². The number of nitrogens with zero attached hydrogens (tertiary/aromatic N) is 3. The SMILES string of the molecule is C=C(Cl)/C=C(\C(=C)F)c1nc2c(c(Nc3ccncc3C(=O)NCCC)n1)CCC2. The lowest BCUT2D eigenvalue weighted by molar-refractivity contribution is 0.0954. The third-order valence-electron chi connectivity index (χ3n) is 4.62. The minimum absolute atomic E-state index is 0.0726. The van der Waals surface area contributed by atoms with Crippen LogP contribution < -0.4 is 10.6 Å². The third-order valence-corrected chi connectivity index (χ3v) is 4.73. The first-order valence-corrected chi connectivity index (χ1v) is 10.1. The van der Waals surface area contributed by atoms with Crippen molar-refractivity contribution in [2.75, 3.05) is 11.9 Å². The number of hydrogen-bond donors (Lipinski definition) is 2. The first kappa shape index (κ1) is 21.6. The molecule has 0 saturated heterocycles. The molecule has 2 aromatic rings. The van der Waals surface area contributed by atoms with E-state index in [0.29, 0.717) is 23.6 Å². The molecule has 0 saturated carbocycles. The van der Waals surface area contributed by atoms with Gasteiger partial charge in [0, 0.05) is 35.2 Å². The maximum absolute atomic E-state index is 14.1. The van der Waals surface area contributed by atoms with E-state index in [1.54, 1.807) is 12.3 Å². The van der Waals surface area contributed by atoms with Gasteiger partial charge in [0.25, 0.3) is 5.91 Å². The maximum atomic E-state index is 14.1. The fraction of sp³-hybridized carbons (Fsp3) is 0.273. The number of pyridine rings is 1. The molecule has 1 aliphatic carbocycles. The number of aryl methyl sites for hydroxylation is 1. The molecule has 0 bridgehead atoms. The normalized spacial score (nSPS) is 13.0. The summed E-state index contributed by atoms with van der Waals surface area (Å²) in [5.74, 6) is -0.243. The fourth-order valence-electron chi connectivity index (χ4n) is 3.22. The Morgan fingerprint density at radius 3 is 2.83 bits per heavy atom. The van der Waals surface area contributed by atoms with Crippen molar-refractivity contribution < 1.29 is 9.18 Å². The van der Waals surface area contributed by atoms with E-state index in [-0.39, 0.29) is 22.3 Å². The molecule has 1 aliphatic rings. The fourth-order valence-corrected chi connectivity index (χ4v) is 3.33. The molecule has 30 heavy (non-hydrogen) atoms. The Labute approximate surface area is 180 Å². The van der Waals surface area contributed by atoms with Crippen molar-refractivity contribution >= 4 is 34.6 Å². The van der Waals surface area contributed by atoms with Crippen molar-refractivity contribution in [3.05, 3.63) is 71.2 Å². The van der Waals surface area contributed by atoms with E-state index in [4.69, 9.17) is 11.6 Å². The van der Waals surface area contributed by atoms with E-state index >= 15 is 0 Å². The van der Waals surface area contributed by atoms with E-state index in [2.05, 4.69) is 38.7 Å². The molecule has 3 rings (SSSR count). The Morgan fingerprint density at radius 1 is 1.33 bits per heavy atom. The summed E-state index contributed by atoms with van der Waals surface area (Å²) >= 11 is 5.85. The van der Waals surface area contributed by atoms with Gasteiger partial charge >= 0.3 is 0 Å². The summed E-state index contributed by atoms with van der Waals surface area (Å²) in [6, 6.07) is 1.70. The molecule has 0 spiro atoms. The first-order chi connectivity index (χ1) is 14.4. The van der Waals surface area contributed by atoms with Gasteiger partial charge in [-0.1, -0.05) is 31.7 Å². The zero-order valence-electron chi connectivity index (χ0n) is 16.8. The Kier molecular flexibility index (Phi) is 6.95. The van der Waals surface area contributed by atoms with Gasteiger partial charge in [0.15, 0.2) is 5.82 Å². The number of nitrogens with one attached hydrogen (secondary N) is 2. The van der Waals surface area contributed by atoms with Crippen LogP contribution in [0.3, 0.4) is 0 Å². The van der Waals surface area contributed by atoms with Crippen molar-refractivity contribution in [2.24, 2.45) is 0 Å². The van der Waals surface area contributed by atoms with Gasteiger partial charge in [-0.15, -0.1) is 0 Å². The standard InChI is InChI=1S/C22H23ClFN5O/c1-4-9-26-22(30)17-12-25-10-8-19(17)28-20-15-6-5-7-18(15)27-21(29-20)16(14(3)24)11-13(2)23/h8,10-12H,2-7,9H2,1H3,(H,26,30)(H,25,27,28,29)/b16-11+. The van der Waals surface area contributed by atoms with E-state index in [1.165, 1.54) is 12.3 Å². The molecule has 2 heterocycles. The number of hydrogen-bond acceptors (Lipinski definition) is 5. The van der Waals surface area contributed by atoms with Crippen LogP contribution in [0.4, 0.5) is 15.9 Å². The number of fused-ring (bicyclic) bond motifs is 1. The number of aromatic nitrogens is 3. The molecule has 6 nitrogen and oxygen atoms in total. The monoisotopic (exact) mass is 427 g/mol. The Morgan fingerprint density at radius 2 is 2.13 bits per heavy atom. The van der Waals surface area contributed by atoms with Crippen LogP contribution in [-0.4, -0.2) is 27.4 Å². The summed E-state index contributed by atoms with van der Waals surface area (Å²) in [5.41, 5.74) is 2.81. The molecule has 0 fully saturated rings. The third kappa shape index (κ3) is 4.91. The molecule has 1 amide bonds. The summed E-state index contributed by atoms with van der Waals surface area (Å²) in [6.07, 6.45) is 7.73. The summed E-state index contributed by atoms with van der Waals surface area (Å²) in [5, 5.41) is 6.22. The molecule has 156 valence electrons. The smallest absolute Gasteiger partial charge is 0.254 e. The summed E-state index contributed by atoms with van der Waals surface area (Å²) in [4.78, 5) is 25.6. The Balaban J connectivity index is 2.04. The second-order valence-electron chi connectivity index (χ2n) is 6.89. The van der Waals surface area contributed by atoms with Gasteiger partial charge in [0.1, 0.15) is 11.6 Å². The van der Waals surface area contributed by atoms with Gasteiger partial charge in [-0.3, -0.25) is 9.78 Å². The van der Waals surface area contributed by atoms with Crippen LogP contribution >= 0.6 is 11.6 Å². The largest absolute Gasteiger partial charge is 0.352 e. The minimum atomic E-state index is -0.704. The zero-order valence-corrected chi connectivity index (χ0v) is 17.5. The van der Waals surface area contributed by atoms with Crippen molar-refractivity contribution in [3.63, 3.8) is 0 Å². The number of allylic oxidation sites excluding steroid dienone is 4. The van der Waals surface area contributed by atoms with Crippen LogP contribution in [0.2, 0.25) is 0 Å². The summed E-state index contributed by atoms with van der Waals surface area (Å²) < 4.78 is 14.1. The average molecular weight is 428 g/mol. The first-order valence-electron chi connectivity index (χ1n) is 9.71. The molecule has 2 aromatic heterocycles. The minimum Gasteiger partial charge on any atom is -0.352 e. The van der Waals surface area contributed by atoms with Crippen molar-refractivity contribution in [2.45, 2.75) is 32.6 Å². The Hall–Kier alpha value is -3.06. The van der Waals surface area contributed by atoms with E-state index in [0.717, 1.165) is 36.9 Å². The lowest BCUT2D eigenvalue weighted by Gasteiger charge is -2.15. The van der Waals surface area contributed by atoms with Crippen LogP contribution in [0.5, 0.6) is 0 Å².